The Hall–Kier alpha value is -3.56. The number of halogens is 3. The molecule has 0 unspecified atom stereocenters. The van der Waals surface area contributed by atoms with Gasteiger partial charge in [-0.25, -0.2) is 9.97 Å². The quantitative estimate of drug-likeness (QED) is 0.301. The highest BCUT2D eigenvalue weighted by molar-refractivity contribution is 5.93. The number of ether oxygens (including phenoxy) is 1. The van der Waals surface area contributed by atoms with E-state index in [4.69, 9.17) is 14.7 Å². The minimum atomic E-state index is -4.52. The van der Waals surface area contributed by atoms with Crippen molar-refractivity contribution in [3.63, 3.8) is 0 Å². The summed E-state index contributed by atoms with van der Waals surface area (Å²) >= 11 is 0. The Labute approximate surface area is 219 Å². The summed E-state index contributed by atoms with van der Waals surface area (Å²) in [5, 5.41) is 4.12. The van der Waals surface area contributed by atoms with E-state index in [1.54, 1.807) is 18.2 Å². The second kappa shape index (κ2) is 10.7. The molecule has 0 radical (unpaired) electrons. The van der Waals surface area contributed by atoms with Gasteiger partial charge in [0.15, 0.2) is 0 Å². The molecule has 2 aromatic heterocycles. The molecule has 4 aromatic rings. The second-order valence-corrected chi connectivity index (χ2v) is 9.94. The van der Waals surface area contributed by atoms with Crippen LogP contribution >= 0.6 is 0 Å². The second-order valence-electron chi connectivity index (χ2n) is 9.94. The molecule has 198 valence electrons. The van der Waals surface area contributed by atoms with E-state index in [-0.39, 0.29) is 11.8 Å². The van der Waals surface area contributed by atoms with Crippen LogP contribution in [0.15, 0.2) is 60.8 Å². The van der Waals surface area contributed by atoms with Gasteiger partial charge >= 0.3 is 6.18 Å². The van der Waals surface area contributed by atoms with Crippen LogP contribution in [0.1, 0.15) is 43.6 Å². The number of morpholine rings is 1. The number of nitrogens with zero attached hydrogens (tertiary/aromatic N) is 4. The Bertz CT molecular complexity index is 1420. The Kier molecular flexibility index (Phi) is 7.32. The van der Waals surface area contributed by atoms with Gasteiger partial charge in [-0.05, 0) is 54.8 Å². The summed E-state index contributed by atoms with van der Waals surface area (Å²) in [6.07, 6.45) is -3.04. The summed E-state index contributed by atoms with van der Waals surface area (Å²) in [6.45, 7) is 8.96. The number of alkyl halides is 3. The molecule has 0 aliphatic carbocycles. The largest absolute Gasteiger partial charge is 0.418 e. The molecule has 1 fully saturated rings. The number of fused-ring (bicyclic) bond motifs is 1. The van der Waals surface area contributed by atoms with Crippen molar-refractivity contribution >= 4 is 22.4 Å². The van der Waals surface area contributed by atoms with Crippen LogP contribution in [0, 0.1) is 0 Å². The minimum Gasteiger partial charge on any atom is -0.376 e. The van der Waals surface area contributed by atoms with Gasteiger partial charge in [-0.2, -0.15) is 13.2 Å². The first-order valence-electron chi connectivity index (χ1n) is 12.7. The highest BCUT2D eigenvalue weighted by Gasteiger charge is 2.34. The van der Waals surface area contributed by atoms with Crippen molar-refractivity contribution in [3.05, 3.63) is 77.7 Å². The van der Waals surface area contributed by atoms with Crippen molar-refractivity contribution in [3.8, 4) is 11.3 Å². The first-order chi connectivity index (χ1) is 18.2. The van der Waals surface area contributed by atoms with Crippen LogP contribution in [0.3, 0.4) is 0 Å². The number of benzene rings is 2. The third-order valence-corrected chi connectivity index (χ3v) is 6.66. The molecular weight excluding hydrogens is 491 g/mol. The summed E-state index contributed by atoms with van der Waals surface area (Å²) in [5.41, 5.74) is 2.10. The zero-order valence-electron chi connectivity index (χ0n) is 21.6. The summed E-state index contributed by atoms with van der Waals surface area (Å²) in [6, 6.07) is 15.6. The average Bonchev–Trinajstić information content (AvgIpc) is 2.88. The number of anilines is 2. The van der Waals surface area contributed by atoms with Gasteiger partial charge in [-0.1, -0.05) is 32.0 Å². The molecule has 0 spiro atoms. The Morgan fingerprint density at radius 3 is 2.58 bits per heavy atom. The van der Waals surface area contributed by atoms with Crippen molar-refractivity contribution < 1.29 is 17.9 Å². The Morgan fingerprint density at radius 1 is 1.08 bits per heavy atom. The lowest BCUT2D eigenvalue weighted by molar-refractivity contribution is -0.137. The molecule has 1 aliphatic rings. The molecular formula is C29H30F3N5O. The summed E-state index contributed by atoms with van der Waals surface area (Å²) < 4.78 is 46.7. The van der Waals surface area contributed by atoms with Crippen LogP contribution in [0.2, 0.25) is 0 Å². The standard InChI is InChI=1S/C29H30F3N5O/c1-18(2)20-6-9-22(10-7-20)34-28-23-11-8-21(27-24(29(30,31)32)5-4-12-33-27)15-25(23)35-26(36-28)17-37-13-14-38-19(3)16-37/h4-12,15,18-19H,13-14,16-17H2,1-3H3,(H,34,35,36)/t19-/m1/s1. The molecule has 0 amide bonds. The molecule has 0 bridgehead atoms. The monoisotopic (exact) mass is 521 g/mol. The summed E-state index contributed by atoms with van der Waals surface area (Å²) in [4.78, 5) is 15.9. The third kappa shape index (κ3) is 5.79. The lowest BCUT2D eigenvalue weighted by Crippen LogP contribution is -2.40. The van der Waals surface area contributed by atoms with Gasteiger partial charge in [0, 0.05) is 35.9 Å². The van der Waals surface area contributed by atoms with E-state index in [0.717, 1.165) is 24.8 Å². The normalized spacial score (nSPS) is 16.8. The molecule has 5 rings (SSSR count). The number of hydrogen-bond donors (Lipinski definition) is 1. The first kappa shape index (κ1) is 26.1. The fraction of sp³-hybridized carbons (Fsp3) is 0.345. The molecule has 1 saturated heterocycles. The van der Waals surface area contributed by atoms with Gasteiger partial charge in [0.1, 0.15) is 11.6 Å². The van der Waals surface area contributed by atoms with Crippen LogP contribution in [0.25, 0.3) is 22.2 Å². The maximum atomic E-state index is 13.7. The summed E-state index contributed by atoms with van der Waals surface area (Å²) in [7, 11) is 0. The average molecular weight is 522 g/mol. The number of aromatic nitrogens is 3. The lowest BCUT2D eigenvalue weighted by atomic mass is 10.0. The Morgan fingerprint density at radius 2 is 1.87 bits per heavy atom. The number of rotatable bonds is 6. The molecule has 3 heterocycles. The number of hydrogen-bond acceptors (Lipinski definition) is 6. The van der Waals surface area contributed by atoms with Gasteiger partial charge in [0.25, 0.3) is 0 Å². The van der Waals surface area contributed by atoms with E-state index in [0.29, 0.717) is 47.2 Å². The van der Waals surface area contributed by atoms with Crippen molar-refractivity contribution in [1.29, 1.82) is 0 Å². The van der Waals surface area contributed by atoms with Crippen molar-refractivity contribution in [2.75, 3.05) is 25.0 Å². The molecule has 2 aromatic carbocycles. The maximum absolute atomic E-state index is 13.7. The van der Waals surface area contributed by atoms with E-state index in [2.05, 4.69) is 41.2 Å². The predicted molar refractivity (Wildman–Crippen MR) is 142 cm³/mol. The van der Waals surface area contributed by atoms with Gasteiger partial charge in [-0.15, -0.1) is 0 Å². The van der Waals surface area contributed by atoms with Crippen LogP contribution in [-0.4, -0.2) is 45.7 Å². The van der Waals surface area contributed by atoms with Crippen LogP contribution < -0.4 is 5.32 Å². The first-order valence-corrected chi connectivity index (χ1v) is 12.7. The van der Waals surface area contributed by atoms with Crippen LogP contribution in [0.5, 0.6) is 0 Å². The van der Waals surface area contributed by atoms with E-state index in [9.17, 15) is 13.2 Å². The minimum absolute atomic E-state index is 0.109. The van der Waals surface area contributed by atoms with Gasteiger partial charge in [0.2, 0.25) is 0 Å². The van der Waals surface area contributed by atoms with Crippen molar-refractivity contribution in [2.24, 2.45) is 0 Å². The van der Waals surface area contributed by atoms with E-state index in [1.165, 1.54) is 17.8 Å². The topological polar surface area (TPSA) is 63.2 Å². The highest BCUT2D eigenvalue weighted by Crippen LogP contribution is 2.37. The molecule has 38 heavy (non-hydrogen) atoms. The van der Waals surface area contributed by atoms with Crippen molar-refractivity contribution in [2.45, 2.75) is 45.5 Å². The predicted octanol–water partition coefficient (Wildman–Crippen LogP) is 6.80. The van der Waals surface area contributed by atoms with E-state index < -0.39 is 11.7 Å². The number of nitrogens with one attached hydrogen (secondary N) is 1. The molecule has 1 atom stereocenters. The third-order valence-electron chi connectivity index (χ3n) is 6.66. The molecule has 1 aliphatic heterocycles. The zero-order valence-corrected chi connectivity index (χ0v) is 21.6. The van der Waals surface area contributed by atoms with Crippen LogP contribution in [-0.2, 0) is 17.5 Å². The molecule has 1 N–H and O–H groups in total. The van der Waals surface area contributed by atoms with Crippen molar-refractivity contribution in [1.82, 2.24) is 19.9 Å². The van der Waals surface area contributed by atoms with Gasteiger partial charge in [0.05, 0.1) is 36.0 Å². The summed E-state index contributed by atoms with van der Waals surface area (Å²) in [5.74, 6) is 1.60. The zero-order chi connectivity index (χ0) is 26.9. The van der Waals surface area contributed by atoms with E-state index in [1.807, 2.05) is 19.1 Å². The lowest BCUT2D eigenvalue weighted by Gasteiger charge is -2.30. The fourth-order valence-corrected chi connectivity index (χ4v) is 4.68. The number of pyridine rings is 1. The fourth-order valence-electron chi connectivity index (χ4n) is 4.68. The molecule has 9 heteroatoms. The maximum Gasteiger partial charge on any atom is 0.418 e. The van der Waals surface area contributed by atoms with E-state index >= 15 is 0 Å². The Balaban J connectivity index is 1.57. The molecule has 0 saturated carbocycles. The SMILES string of the molecule is CC(C)c1ccc(Nc2nc(CN3CCO[C@H](C)C3)nc3cc(-c4ncccc4C(F)(F)F)ccc23)cc1. The smallest absolute Gasteiger partial charge is 0.376 e. The van der Waals surface area contributed by atoms with Gasteiger partial charge in [-0.3, -0.25) is 9.88 Å². The van der Waals surface area contributed by atoms with Gasteiger partial charge < -0.3 is 10.1 Å². The highest BCUT2D eigenvalue weighted by atomic mass is 19.4. The molecule has 6 nitrogen and oxygen atoms in total. The van der Waals surface area contributed by atoms with Crippen LogP contribution in [0.4, 0.5) is 24.7 Å².